The maximum Gasteiger partial charge on any atom is 0.253 e. The molecule has 1 aliphatic carbocycles. The molecule has 30 heavy (non-hydrogen) atoms. The van der Waals surface area contributed by atoms with Crippen molar-refractivity contribution < 1.29 is 18.7 Å². The Morgan fingerprint density at radius 1 is 1.10 bits per heavy atom. The Labute approximate surface area is 176 Å². The molecule has 0 radical (unpaired) electrons. The number of nitrogens with zero attached hydrogens (tertiary/aromatic N) is 1. The van der Waals surface area contributed by atoms with E-state index in [-0.39, 0.29) is 23.5 Å². The number of likely N-dealkylation sites (tertiary alicyclic amines) is 1. The largest absolute Gasteiger partial charge is 0.493 e. The molecule has 6 heteroatoms. The normalized spacial score (nSPS) is 18.7. The van der Waals surface area contributed by atoms with Crippen molar-refractivity contribution in [2.45, 2.75) is 38.6 Å². The predicted octanol–water partition coefficient (Wildman–Crippen LogP) is 3.96. The van der Waals surface area contributed by atoms with E-state index in [0.717, 1.165) is 25.7 Å². The highest BCUT2D eigenvalue weighted by Crippen LogP contribution is 2.22. The molecule has 2 fully saturated rings. The molecule has 1 heterocycles. The van der Waals surface area contributed by atoms with Crippen molar-refractivity contribution in [1.29, 1.82) is 0 Å². The van der Waals surface area contributed by atoms with Crippen LogP contribution in [0.1, 0.15) is 52.0 Å². The van der Waals surface area contributed by atoms with Crippen molar-refractivity contribution >= 4 is 11.8 Å². The fourth-order valence-electron chi connectivity index (χ4n) is 3.71. The van der Waals surface area contributed by atoms with Crippen LogP contribution in [0.3, 0.4) is 0 Å². The van der Waals surface area contributed by atoms with Crippen LogP contribution in [0, 0.1) is 18.7 Å². The molecule has 1 saturated heterocycles. The van der Waals surface area contributed by atoms with E-state index in [0.29, 0.717) is 48.2 Å². The van der Waals surface area contributed by atoms with E-state index >= 15 is 0 Å². The van der Waals surface area contributed by atoms with Gasteiger partial charge in [-0.25, -0.2) is 4.39 Å². The number of piperidine rings is 1. The van der Waals surface area contributed by atoms with E-state index in [1.165, 1.54) is 6.07 Å². The quantitative estimate of drug-likeness (QED) is 0.784. The number of halogens is 1. The number of amides is 2. The number of hydrogen-bond donors (Lipinski definition) is 1. The van der Waals surface area contributed by atoms with Crippen LogP contribution in [0.2, 0.25) is 0 Å². The van der Waals surface area contributed by atoms with Gasteiger partial charge >= 0.3 is 0 Å². The van der Waals surface area contributed by atoms with E-state index < -0.39 is 0 Å². The third-order valence-electron chi connectivity index (χ3n) is 5.74. The lowest BCUT2D eigenvalue weighted by Crippen LogP contribution is -2.41. The molecule has 2 aromatic carbocycles. The molecule has 1 N–H and O–H groups in total. The van der Waals surface area contributed by atoms with Gasteiger partial charge < -0.3 is 15.0 Å². The summed E-state index contributed by atoms with van der Waals surface area (Å²) in [6, 6.07) is 12.1. The molecular weight excluding hydrogens is 383 g/mol. The molecule has 0 spiro atoms. The molecule has 0 bridgehead atoms. The van der Waals surface area contributed by atoms with E-state index in [1.807, 2.05) is 12.1 Å². The maximum absolute atomic E-state index is 13.8. The van der Waals surface area contributed by atoms with Gasteiger partial charge in [0.2, 0.25) is 0 Å². The van der Waals surface area contributed by atoms with E-state index in [1.54, 1.807) is 36.1 Å². The van der Waals surface area contributed by atoms with E-state index in [2.05, 4.69) is 5.32 Å². The summed E-state index contributed by atoms with van der Waals surface area (Å²) >= 11 is 0. The van der Waals surface area contributed by atoms with Gasteiger partial charge in [0.25, 0.3) is 11.8 Å². The fraction of sp³-hybridized carbons (Fsp3) is 0.417. The fourth-order valence-corrected chi connectivity index (χ4v) is 3.71. The number of hydrogen-bond acceptors (Lipinski definition) is 3. The zero-order chi connectivity index (χ0) is 21.1. The summed E-state index contributed by atoms with van der Waals surface area (Å²) in [5.74, 6) is 0.396. The number of carbonyl (C=O) groups is 2. The number of rotatable bonds is 6. The van der Waals surface area contributed by atoms with E-state index in [4.69, 9.17) is 4.74 Å². The number of nitrogens with one attached hydrogen (secondary N) is 1. The predicted molar refractivity (Wildman–Crippen MR) is 112 cm³/mol. The van der Waals surface area contributed by atoms with Gasteiger partial charge in [-0.1, -0.05) is 6.07 Å². The second-order valence-electron chi connectivity index (χ2n) is 8.31. The van der Waals surface area contributed by atoms with Gasteiger partial charge in [-0.3, -0.25) is 9.59 Å². The molecular formula is C24H27FN2O3. The highest BCUT2D eigenvalue weighted by atomic mass is 19.1. The van der Waals surface area contributed by atoms with E-state index in [9.17, 15) is 14.0 Å². The summed E-state index contributed by atoms with van der Waals surface area (Å²) in [4.78, 5) is 26.6. The lowest BCUT2D eigenvalue weighted by molar-refractivity contribution is 0.0633. The van der Waals surface area contributed by atoms with Gasteiger partial charge in [0.1, 0.15) is 11.6 Å². The lowest BCUT2D eigenvalue weighted by atomic mass is 9.98. The summed E-state index contributed by atoms with van der Waals surface area (Å²) < 4.78 is 19.7. The summed E-state index contributed by atoms with van der Waals surface area (Å²) in [5.41, 5.74) is 1.56. The monoisotopic (exact) mass is 410 g/mol. The topological polar surface area (TPSA) is 58.6 Å². The molecule has 1 aliphatic heterocycles. The van der Waals surface area contributed by atoms with Gasteiger partial charge in [0.15, 0.2) is 0 Å². The Bertz CT molecular complexity index is 925. The van der Waals surface area contributed by atoms with Crippen molar-refractivity contribution in [1.82, 2.24) is 10.2 Å². The first kappa shape index (κ1) is 20.4. The Morgan fingerprint density at radius 2 is 1.83 bits per heavy atom. The molecule has 1 saturated carbocycles. The van der Waals surface area contributed by atoms with Crippen LogP contribution in [0.15, 0.2) is 42.5 Å². The molecule has 5 nitrogen and oxygen atoms in total. The minimum Gasteiger partial charge on any atom is -0.493 e. The molecule has 2 aliphatic rings. The number of aryl methyl sites for hydroxylation is 1. The summed E-state index contributed by atoms with van der Waals surface area (Å²) in [6.45, 7) is 3.45. The average Bonchev–Trinajstić information content (AvgIpc) is 3.58. The Morgan fingerprint density at radius 3 is 2.53 bits per heavy atom. The number of ether oxygens (including phenoxy) is 1. The Hall–Kier alpha value is -2.89. The molecule has 0 unspecified atom stereocenters. The van der Waals surface area contributed by atoms with Gasteiger partial charge in [0, 0.05) is 36.2 Å². The summed E-state index contributed by atoms with van der Waals surface area (Å²) in [5, 5.41) is 2.97. The first-order valence-corrected chi connectivity index (χ1v) is 10.6. The van der Waals surface area contributed by atoms with Crippen LogP contribution in [-0.4, -0.2) is 42.5 Å². The van der Waals surface area contributed by atoms with Gasteiger partial charge in [0.05, 0.1) is 6.61 Å². The van der Waals surface area contributed by atoms with Crippen molar-refractivity contribution in [2.24, 2.45) is 5.92 Å². The van der Waals surface area contributed by atoms with Gasteiger partial charge in [-0.15, -0.1) is 0 Å². The Kier molecular flexibility index (Phi) is 6.02. The minimum atomic E-state index is -0.355. The smallest absolute Gasteiger partial charge is 0.253 e. The maximum atomic E-state index is 13.8. The number of benzene rings is 2. The van der Waals surface area contributed by atoms with Crippen LogP contribution in [-0.2, 0) is 0 Å². The molecule has 2 amide bonds. The zero-order valence-electron chi connectivity index (χ0n) is 17.2. The van der Waals surface area contributed by atoms with Crippen LogP contribution in [0.4, 0.5) is 4.39 Å². The molecule has 0 aromatic heterocycles. The highest BCUT2D eigenvalue weighted by Gasteiger charge is 2.26. The highest BCUT2D eigenvalue weighted by molar-refractivity contribution is 5.95. The average molecular weight is 410 g/mol. The van der Waals surface area contributed by atoms with Crippen LogP contribution in [0.5, 0.6) is 5.75 Å². The number of carbonyl (C=O) groups excluding carboxylic acids is 2. The summed E-state index contributed by atoms with van der Waals surface area (Å²) in [6.07, 6.45) is 4.00. The molecule has 2 aromatic rings. The SMILES string of the molecule is Cc1ccc(C(=O)N2CCC[C@H](COc3ccc(C(=O)NC4CC4)cc3)C2)cc1F. The van der Waals surface area contributed by atoms with Crippen molar-refractivity contribution in [3.8, 4) is 5.75 Å². The first-order chi connectivity index (χ1) is 14.5. The van der Waals surface area contributed by atoms with Gasteiger partial charge in [-0.05, 0) is 74.6 Å². The third-order valence-corrected chi connectivity index (χ3v) is 5.74. The van der Waals surface area contributed by atoms with Crippen molar-refractivity contribution in [2.75, 3.05) is 19.7 Å². The van der Waals surface area contributed by atoms with Gasteiger partial charge in [-0.2, -0.15) is 0 Å². The summed E-state index contributed by atoms with van der Waals surface area (Å²) in [7, 11) is 0. The lowest BCUT2D eigenvalue weighted by Gasteiger charge is -2.32. The Balaban J connectivity index is 1.30. The second-order valence-corrected chi connectivity index (χ2v) is 8.31. The second kappa shape index (κ2) is 8.86. The minimum absolute atomic E-state index is 0.0435. The third kappa shape index (κ3) is 4.99. The van der Waals surface area contributed by atoms with Crippen LogP contribution in [0.25, 0.3) is 0 Å². The molecule has 158 valence electrons. The zero-order valence-corrected chi connectivity index (χ0v) is 17.2. The van der Waals surface area contributed by atoms with Crippen molar-refractivity contribution in [3.05, 3.63) is 65.0 Å². The molecule has 1 atom stereocenters. The first-order valence-electron chi connectivity index (χ1n) is 10.6. The molecule has 4 rings (SSSR count). The van der Waals surface area contributed by atoms with Crippen LogP contribution >= 0.6 is 0 Å². The van der Waals surface area contributed by atoms with Crippen molar-refractivity contribution in [3.63, 3.8) is 0 Å². The van der Waals surface area contributed by atoms with Crippen LogP contribution < -0.4 is 10.1 Å². The standard InChI is InChI=1S/C24H27FN2O3/c1-16-4-5-19(13-22(16)25)24(29)27-12-2-3-17(14-27)15-30-21-10-6-18(7-11-21)23(28)26-20-8-9-20/h4-7,10-11,13,17,20H,2-3,8-9,12,14-15H2,1H3,(H,26,28)/t17-/m0/s1.